The highest BCUT2D eigenvalue weighted by atomic mass is 19.3. The molecular weight excluding hydrogens is 254 g/mol. The average molecular weight is 264 g/mol. The summed E-state index contributed by atoms with van der Waals surface area (Å²) in [5, 5.41) is 20.4. The Kier molecular flexibility index (Phi) is 4.72. The first-order chi connectivity index (χ1) is 8.45. The third-order valence-corrected chi connectivity index (χ3v) is 1.96. The van der Waals surface area contributed by atoms with E-state index in [2.05, 4.69) is 9.68 Å². The summed E-state index contributed by atoms with van der Waals surface area (Å²) >= 11 is 0. The van der Waals surface area contributed by atoms with Crippen LogP contribution in [0.2, 0.25) is 0 Å². The number of carbonyl (C=O) groups excluding carboxylic acids is 1. The van der Waals surface area contributed by atoms with E-state index in [4.69, 9.17) is 10.2 Å². The molecule has 0 aliphatic rings. The minimum absolute atomic E-state index is 0.307. The first-order valence-corrected chi connectivity index (χ1v) is 4.84. The van der Waals surface area contributed by atoms with E-state index >= 15 is 0 Å². The molecule has 0 saturated carbocycles. The van der Waals surface area contributed by atoms with Gasteiger partial charge in [-0.15, -0.1) is 0 Å². The zero-order valence-corrected chi connectivity index (χ0v) is 9.05. The topological polar surface area (TPSA) is 104 Å². The lowest BCUT2D eigenvalue weighted by molar-refractivity contribution is 0.0500. The molecule has 18 heavy (non-hydrogen) atoms. The summed E-state index contributed by atoms with van der Waals surface area (Å²) in [7, 11) is 0. The van der Waals surface area contributed by atoms with E-state index in [-0.39, 0.29) is 6.54 Å². The van der Waals surface area contributed by atoms with Crippen LogP contribution in [-0.2, 0) is 0 Å². The Hall–Kier alpha value is -2.03. The highest BCUT2D eigenvalue weighted by Crippen LogP contribution is 2.08. The van der Waals surface area contributed by atoms with Crippen molar-refractivity contribution in [3.8, 4) is 0 Å². The van der Waals surface area contributed by atoms with Crippen LogP contribution in [0.3, 0.4) is 0 Å². The molecule has 0 aliphatic carbocycles. The molecule has 1 rings (SSSR count). The number of hydrogen-bond donors (Lipinski definition) is 2. The summed E-state index contributed by atoms with van der Waals surface area (Å²) in [4.78, 5) is 22.8. The second-order valence-electron chi connectivity index (χ2n) is 3.25. The molecule has 1 heterocycles. The number of hydrogen-bond acceptors (Lipinski definition) is 5. The van der Waals surface area contributed by atoms with Gasteiger partial charge >= 0.3 is 5.97 Å². The van der Waals surface area contributed by atoms with Crippen LogP contribution < -0.4 is 0 Å². The number of aliphatic hydroxyl groups excluding tert-OH is 1. The number of aromatic carboxylic acids is 1. The van der Waals surface area contributed by atoms with E-state index in [1.165, 1.54) is 0 Å². The zero-order chi connectivity index (χ0) is 13.7. The number of nitrogens with zero attached hydrogens (tertiary/aromatic N) is 2. The molecule has 0 radical (unpaired) electrons. The molecule has 0 aromatic carbocycles. The van der Waals surface area contributed by atoms with Crippen LogP contribution in [0.5, 0.6) is 0 Å². The van der Waals surface area contributed by atoms with Crippen molar-refractivity contribution >= 4 is 11.9 Å². The predicted molar refractivity (Wildman–Crippen MR) is 52.5 cm³/mol. The van der Waals surface area contributed by atoms with E-state index in [1.807, 2.05) is 0 Å². The highest BCUT2D eigenvalue weighted by Gasteiger charge is 2.23. The minimum Gasteiger partial charge on any atom is -0.475 e. The number of halogens is 2. The van der Waals surface area contributed by atoms with E-state index in [0.29, 0.717) is 4.90 Å². The average Bonchev–Trinajstić information content (AvgIpc) is 2.76. The lowest BCUT2D eigenvalue weighted by atomic mass is 10.3. The summed E-state index contributed by atoms with van der Waals surface area (Å²) in [6.07, 6.45) is -2.77. The van der Waals surface area contributed by atoms with Crippen molar-refractivity contribution in [2.24, 2.45) is 0 Å². The van der Waals surface area contributed by atoms with E-state index in [1.54, 1.807) is 0 Å². The molecule has 7 nitrogen and oxygen atoms in total. The number of aliphatic hydroxyl groups is 1. The van der Waals surface area contributed by atoms with Crippen molar-refractivity contribution in [3.05, 3.63) is 17.5 Å². The number of aromatic nitrogens is 1. The Bertz CT molecular complexity index is 434. The van der Waals surface area contributed by atoms with E-state index < -0.39 is 42.9 Å². The van der Waals surface area contributed by atoms with Crippen LogP contribution in [0.15, 0.2) is 10.6 Å². The number of rotatable bonds is 6. The Morgan fingerprint density at radius 3 is 2.61 bits per heavy atom. The molecule has 0 bridgehead atoms. The fraction of sp³-hybridized carbons (Fsp3) is 0.444. The molecule has 0 atom stereocenters. The molecule has 0 unspecified atom stereocenters. The smallest absolute Gasteiger partial charge is 0.374 e. The normalized spacial score (nSPS) is 10.7. The quantitative estimate of drug-likeness (QED) is 0.753. The van der Waals surface area contributed by atoms with Crippen molar-refractivity contribution in [1.82, 2.24) is 10.1 Å². The summed E-state index contributed by atoms with van der Waals surface area (Å²) in [5.74, 6) is -2.93. The number of carboxylic acid groups (broad SMARTS) is 1. The predicted octanol–water partition coefficient (Wildman–Crippen LogP) is 0.0724. The molecular formula is C9H10F2N2O5. The van der Waals surface area contributed by atoms with Crippen molar-refractivity contribution < 1.29 is 33.1 Å². The molecule has 1 amide bonds. The van der Waals surface area contributed by atoms with Gasteiger partial charge in [-0.2, -0.15) is 0 Å². The van der Waals surface area contributed by atoms with E-state index in [9.17, 15) is 18.4 Å². The lowest BCUT2D eigenvalue weighted by Crippen LogP contribution is -2.37. The lowest BCUT2D eigenvalue weighted by Gasteiger charge is -2.19. The van der Waals surface area contributed by atoms with Crippen LogP contribution in [0.25, 0.3) is 0 Å². The van der Waals surface area contributed by atoms with Gasteiger partial charge in [0, 0.05) is 12.6 Å². The van der Waals surface area contributed by atoms with Crippen molar-refractivity contribution in [2.75, 3.05) is 19.7 Å². The van der Waals surface area contributed by atoms with Gasteiger partial charge in [-0.1, -0.05) is 5.16 Å². The Morgan fingerprint density at radius 1 is 1.50 bits per heavy atom. The molecule has 0 aliphatic heterocycles. The van der Waals surface area contributed by atoms with Crippen molar-refractivity contribution in [1.29, 1.82) is 0 Å². The maximum atomic E-state index is 12.2. The van der Waals surface area contributed by atoms with Gasteiger partial charge in [0.2, 0.25) is 5.76 Å². The summed E-state index contributed by atoms with van der Waals surface area (Å²) in [6.45, 7) is -1.69. The van der Waals surface area contributed by atoms with Gasteiger partial charge in [0.15, 0.2) is 5.69 Å². The van der Waals surface area contributed by atoms with Crippen LogP contribution in [0, 0.1) is 0 Å². The minimum atomic E-state index is -2.77. The monoisotopic (exact) mass is 264 g/mol. The van der Waals surface area contributed by atoms with Gasteiger partial charge in [-0.25, -0.2) is 13.6 Å². The number of carboxylic acids is 1. The maximum absolute atomic E-state index is 12.2. The van der Waals surface area contributed by atoms with Gasteiger partial charge in [0.05, 0.1) is 13.2 Å². The summed E-state index contributed by atoms with van der Waals surface area (Å²) in [5.41, 5.74) is -0.401. The molecule has 1 aromatic rings. The number of alkyl halides is 2. The standard InChI is InChI=1S/C9H10F2N2O5/c10-7(11)4-13(1-2-14)8(15)5-3-6(9(16)17)18-12-5/h3,7,14H,1-2,4H2,(H,16,17). The number of carbonyl (C=O) groups is 2. The second-order valence-corrected chi connectivity index (χ2v) is 3.25. The second kappa shape index (κ2) is 6.05. The van der Waals surface area contributed by atoms with Gasteiger partial charge in [-0.3, -0.25) is 4.79 Å². The molecule has 9 heteroatoms. The maximum Gasteiger partial charge on any atom is 0.374 e. The third kappa shape index (κ3) is 3.48. The molecule has 0 spiro atoms. The summed E-state index contributed by atoms with van der Waals surface area (Å²) in [6, 6.07) is 0.834. The van der Waals surface area contributed by atoms with Gasteiger partial charge in [0.1, 0.15) is 0 Å². The van der Waals surface area contributed by atoms with Crippen LogP contribution in [0.4, 0.5) is 8.78 Å². The van der Waals surface area contributed by atoms with Crippen molar-refractivity contribution in [2.45, 2.75) is 6.43 Å². The van der Waals surface area contributed by atoms with Gasteiger partial charge in [-0.05, 0) is 0 Å². The first kappa shape index (κ1) is 14.0. The zero-order valence-electron chi connectivity index (χ0n) is 9.05. The highest BCUT2D eigenvalue weighted by molar-refractivity contribution is 5.94. The molecule has 0 saturated heterocycles. The molecule has 100 valence electrons. The van der Waals surface area contributed by atoms with Crippen LogP contribution in [-0.4, -0.2) is 58.3 Å². The number of amides is 1. The third-order valence-electron chi connectivity index (χ3n) is 1.96. The fourth-order valence-electron chi connectivity index (χ4n) is 1.20. The van der Waals surface area contributed by atoms with Gasteiger partial charge < -0.3 is 19.6 Å². The van der Waals surface area contributed by atoms with Crippen LogP contribution in [0.1, 0.15) is 21.0 Å². The largest absolute Gasteiger partial charge is 0.475 e. The van der Waals surface area contributed by atoms with E-state index in [0.717, 1.165) is 6.07 Å². The first-order valence-electron chi connectivity index (χ1n) is 4.84. The fourth-order valence-corrected chi connectivity index (χ4v) is 1.20. The molecule has 2 N–H and O–H groups in total. The van der Waals surface area contributed by atoms with Crippen molar-refractivity contribution in [3.63, 3.8) is 0 Å². The Balaban J connectivity index is 2.83. The SMILES string of the molecule is O=C(O)c1cc(C(=O)N(CCO)CC(F)F)no1. The van der Waals surface area contributed by atoms with Crippen LogP contribution >= 0.6 is 0 Å². The Labute approximate surface area is 99.6 Å². The summed E-state index contributed by atoms with van der Waals surface area (Å²) < 4.78 is 28.7. The molecule has 0 fully saturated rings. The van der Waals surface area contributed by atoms with Gasteiger partial charge in [0.25, 0.3) is 12.3 Å². The molecule has 1 aromatic heterocycles. The Morgan fingerprint density at radius 2 is 2.17 bits per heavy atom.